The van der Waals surface area contributed by atoms with Gasteiger partial charge in [0.25, 0.3) is 0 Å². The van der Waals surface area contributed by atoms with Crippen LogP contribution in [-0.2, 0) is 0 Å². The average molecular weight is 342 g/mol. The summed E-state index contributed by atoms with van der Waals surface area (Å²) in [5.74, 6) is 0.222. The van der Waals surface area contributed by atoms with Gasteiger partial charge in [-0.15, -0.1) is 0 Å². The van der Waals surface area contributed by atoms with E-state index in [2.05, 4.69) is 44.5 Å². The first-order chi connectivity index (χ1) is 6.56. The topological polar surface area (TPSA) is 40.5 Å². The number of benzene rings is 1. The first kappa shape index (κ1) is 12.5. The van der Waals surface area contributed by atoms with E-state index in [4.69, 9.17) is 0 Å². The van der Waals surface area contributed by atoms with Crippen molar-refractivity contribution in [3.05, 3.63) is 32.7 Å². The first-order valence-electron chi connectivity index (χ1n) is 3.98. The number of hydrogen-bond donors (Lipinski definition) is 3. The van der Waals surface area contributed by atoms with Crippen LogP contribution in [0.15, 0.2) is 27.1 Å². The Morgan fingerprint density at radius 3 is 2.50 bits per heavy atom. The van der Waals surface area contributed by atoms with Crippen LogP contribution in [0.4, 0.5) is 0 Å². The molecule has 2 N–H and O–H groups in total. The summed E-state index contributed by atoms with van der Waals surface area (Å²) in [5.41, 5.74) is 0.654. The van der Waals surface area contributed by atoms with E-state index in [1.54, 1.807) is 6.07 Å². The predicted molar refractivity (Wildman–Crippen MR) is 66.7 cm³/mol. The molecule has 0 heterocycles. The standard InChI is InChI=1S/C9H10Br2O2S/c10-5-1-2-7(11)6(3-5)9(13)8(12)4-14/h1-3,8-9,12-14H,4H2. The molecule has 0 amide bonds. The Labute approximate surface area is 105 Å². The maximum atomic E-state index is 9.74. The van der Waals surface area contributed by atoms with Crippen LogP contribution in [0.25, 0.3) is 0 Å². The third-order valence-corrected chi connectivity index (χ3v) is 3.42. The van der Waals surface area contributed by atoms with Gasteiger partial charge < -0.3 is 10.2 Å². The van der Waals surface area contributed by atoms with Crippen LogP contribution in [0.3, 0.4) is 0 Å². The summed E-state index contributed by atoms with van der Waals surface area (Å²) in [4.78, 5) is 0. The third-order valence-electron chi connectivity index (χ3n) is 1.83. The van der Waals surface area contributed by atoms with Gasteiger partial charge in [-0.05, 0) is 23.8 Å². The molecular formula is C9H10Br2O2S. The zero-order valence-corrected chi connectivity index (χ0v) is 11.3. The quantitative estimate of drug-likeness (QED) is 0.739. The van der Waals surface area contributed by atoms with Crippen molar-refractivity contribution in [3.63, 3.8) is 0 Å². The number of hydrogen-bond acceptors (Lipinski definition) is 3. The Morgan fingerprint density at radius 1 is 1.29 bits per heavy atom. The monoisotopic (exact) mass is 340 g/mol. The van der Waals surface area contributed by atoms with Crippen LogP contribution in [-0.4, -0.2) is 22.1 Å². The van der Waals surface area contributed by atoms with Gasteiger partial charge in [0.05, 0.1) is 6.10 Å². The Balaban J connectivity index is 2.99. The Kier molecular flexibility index (Phi) is 4.93. The lowest BCUT2D eigenvalue weighted by atomic mass is 10.1. The lowest BCUT2D eigenvalue weighted by molar-refractivity contribution is 0.0333. The molecule has 1 aromatic rings. The second-order valence-electron chi connectivity index (χ2n) is 2.86. The fraction of sp³-hybridized carbons (Fsp3) is 0.333. The second-order valence-corrected chi connectivity index (χ2v) is 5.00. The van der Waals surface area contributed by atoms with Gasteiger partial charge >= 0.3 is 0 Å². The van der Waals surface area contributed by atoms with Crippen LogP contribution in [0.5, 0.6) is 0 Å². The normalized spacial score (nSPS) is 15.2. The average Bonchev–Trinajstić information content (AvgIpc) is 2.19. The maximum Gasteiger partial charge on any atom is 0.107 e. The van der Waals surface area contributed by atoms with Crippen LogP contribution in [0.2, 0.25) is 0 Å². The minimum atomic E-state index is -0.917. The van der Waals surface area contributed by atoms with E-state index in [1.807, 2.05) is 12.1 Å². The van der Waals surface area contributed by atoms with Crippen molar-refractivity contribution >= 4 is 44.5 Å². The van der Waals surface area contributed by atoms with Crippen LogP contribution in [0, 0.1) is 0 Å². The number of rotatable bonds is 3. The Bertz CT molecular complexity index is 320. The molecule has 14 heavy (non-hydrogen) atoms. The van der Waals surface area contributed by atoms with Gasteiger partial charge in [-0.25, -0.2) is 0 Å². The first-order valence-corrected chi connectivity index (χ1v) is 6.20. The maximum absolute atomic E-state index is 9.74. The van der Waals surface area contributed by atoms with Gasteiger partial charge in [-0.3, -0.25) is 0 Å². The molecule has 0 spiro atoms. The lowest BCUT2D eigenvalue weighted by Gasteiger charge is -2.17. The van der Waals surface area contributed by atoms with E-state index in [1.165, 1.54) is 0 Å². The zero-order valence-electron chi connectivity index (χ0n) is 7.19. The summed E-state index contributed by atoms with van der Waals surface area (Å²) >= 11 is 10.5. The van der Waals surface area contributed by atoms with E-state index < -0.39 is 12.2 Å². The second kappa shape index (κ2) is 5.51. The molecule has 5 heteroatoms. The van der Waals surface area contributed by atoms with Gasteiger partial charge in [-0.2, -0.15) is 12.6 Å². The van der Waals surface area contributed by atoms with Crippen molar-refractivity contribution in [3.8, 4) is 0 Å². The van der Waals surface area contributed by atoms with E-state index >= 15 is 0 Å². The summed E-state index contributed by atoms with van der Waals surface area (Å²) in [6.07, 6.45) is -1.77. The summed E-state index contributed by atoms with van der Waals surface area (Å²) in [7, 11) is 0. The molecule has 1 rings (SSSR count). The summed E-state index contributed by atoms with van der Waals surface area (Å²) < 4.78 is 1.63. The van der Waals surface area contributed by atoms with Crippen LogP contribution < -0.4 is 0 Å². The molecule has 0 saturated carbocycles. The minimum Gasteiger partial charge on any atom is -0.389 e. The van der Waals surface area contributed by atoms with Crippen molar-refractivity contribution in [2.45, 2.75) is 12.2 Å². The summed E-state index contributed by atoms with van der Waals surface area (Å²) in [6.45, 7) is 0. The number of aliphatic hydroxyl groups excluding tert-OH is 2. The highest BCUT2D eigenvalue weighted by Gasteiger charge is 2.19. The predicted octanol–water partition coefficient (Wildman–Crippen LogP) is 2.54. The number of halogens is 2. The fourth-order valence-electron chi connectivity index (χ4n) is 1.05. The Morgan fingerprint density at radius 2 is 1.93 bits per heavy atom. The lowest BCUT2D eigenvalue weighted by Crippen LogP contribution is -2.20. The van der Waals surface area contributed by atoms with Gasteiger partial charge in [0, 0.05) is 14.7 Å². The van der Waals surface area contributed by atoms with Gasteiger partial charge in [0.15, 0.2) is 0 Å². The molecule has 2 nitrogen and oxygen atoms in total. The van der Waals surface area contributed by atoms with Crippen molar-refractivity contribution in [2.75, 3.05) is 5.75 Å². The van der Waals surface area contributed by atoms with Gasteiger partial charge in [0.1, 0.15) is 6.10 Å². The largest absolute Gasteiger partial charge is 0.389 e. The summed E-state index contributed by atoms with van der Waals surface area (Å²) in [5, 5.41) is 19.2. The third kappa shape index (κ3) is 2.97. The molecule has 0 saturated heterocycles. The minimum absolute atomic E-state index is 0.222. The van der Waals surface area contributed by atoms with E-state index in [-0.39, 0.29) is 5.75 Å². The van der Waals surface area contributed by atoms with Crippen molar-refractivity contribution < 1.29 is 10.2 Å². The SMILES string of the molecule is OC(CS)C(O)c1cc(Br)ccc1Br. The van der Waals surface area contributed by atoms with Crippen LogP contribution in [0.1, 0.15) is 11.7 Å². The molecule has 0 aliphatic rings. The van der Waals surface area contributed by atoms with E-state index in [0.717, 1.165) is 8.95 Å². The van der Waals surface area contributed by atoms with Crippen molar-refractivity contribution in [1.82, 2.24) is 0 Å². The van der Waals surface area contributed by atoms with E-state index in [0.29, 0.717) is 5.56 Å². The Hall–Kier alpha value is 0.450. The van der Waals surface area contributed by atoms with Crippen molar-refractivity contribution in [1.29, 1.82) is 0 Å². The van der Waals surface area contributed by atoms with Gasteiger partial charge in [-0.1, -0.05) is 31.9 Å². The fourth-order valence-corrected chi connectivity index (χ4v) is 2.11. The molecule has 0 aliphatic carbocycles. The molecule has 1 aromatic carbocycles. The highest BCUT2D eigenvalue weighted by atomic mass is 79.9. The highest BCUT2D eigenvalue weighted by Crippen LogP contribution is 2.28. The van der Waals surface area contributed by atoms with E-state index in [9.17, 15) is 10.2 Å². The molecule has 0 aliphatic heterocycles. The number of aliphatic hydroxyl groups is 2. The highest BCUT2D eigenvalue weighted by molar-refractivity contribution is 9.11. The smallest absolute Gasteiger partial charge is 0.107 e. The van der Waals surface area contributed by atoms with Gasteiger partial charge in [0.2, 0.25) is 0 Å². The molecule has 0 bridgehead atoms. The number of thiol groups is 1. The molecule has 0 fully saturated rings. The van der Waals surface area contributed by atoms with Crippen LogP contribution >= 0.6 is 44.5 Å². The molecule has 78 valence electrons. The molecular weight excluding hydrogens is 332 g/mol. The molecule has 2 atom stereocenters. The van der Waals surface area contributed by atoms with Crippen molar-refractivity contribution in [2.24, 2.45) is 0 Å². The molecule has 0 radical (unpaired) electrons. The molecule has 0 aromatic heterocycles. The summed E-state index contributed by atoms with van der Waals surface area (Å²) in [6, 6.07) is 5.43. The zero-order chi connectivity index (χ0) is 10.7. The molecule has 2 unspecified atom stereocenters.